The number of nitrogens with two attached hydrogens (primary N) is 2. The number of nitrogens with one attached hydrogen (secondary N) is 1. The molecule has 4 rings (SSSR count). The fraction of sp³-hybridized carbons (Fsp3) is 0.538. The van der Waals surface area contributed by atoms with Gasteiger partial charge in [-0.15, -0.1) is 0 Å². The van der Waals surface area contributed by atoms with Crippen LogP contribution in [0.3, 0.4) is 0 Å². The summed E-state index contributed by atoms with van der Waals surface area (Å²) in [5.74, 6) is 2.13. The first-order chi connectivity index (χ1) is 17.9. The van der Waals surface area contributed by atoms with Crippen LogP contribution in [0.15, 0.2) is 30.1 Å². The number of carbonyl (C=O) groups excluding carboxylic acids is 3. The molecular weight excluding hydrogens is 496 g/mol. The first-order valence-electron chi connectivity index (χ1n) is 12.6. The number of amides is 3. The molecule has 0 bridgehead atoms. The topological polar surface area (TPSA) is 149 Å². The molecule has 2 saturated heterocycles. The van der Waals surface area contributed by atoms with Crippen LogP contribution >= 0.6 is 0 Å². The second-order valence-electron chi connectivity index (χ2n) is 9.31. The molecule has 2 fully saturated rings. The fourth-order valence-corrected chi connectivity index (χ4v) is 4.53. The average Bonchev–Trinajstić information content (AvgIpc) is 3.56. The van der Waals surface area contributed by atoms with Crippen molar-refractivity contribution in [1.29, 1.82) is 5.26 Å². The Hall–Kier alpha value is -3.72. The molecule has 10 nitrogen and oxygen atoms in total. The molecule has 0 radical (unpaired) electrons. The Morgan fingerprint density at radius 1 is 1.29 bits per heavy atom. The SMILES string of the molecule is CC.CC(=O)N1Cc2cccc(CN(N)/C=C(/C)N)c2C1.N#CC1CC(F)(F)CN1C(=O)C1CCC(=O)N1. The van der Waals surface area contributed by atoms with E-state index in [0.29, 0.717) is 31.8 Å². The van der Waals surface area contributed by atoms with E-state index in [9.17, 15) is 23.2 Å². The first kappa shape index (κ1) is 30.5. The number of benzene rings is 1. The number of halogens is 2. The van der Waals surface area contributed by atoms with Crippen LogP contribution in [-0.2, 0) is 34.0 Å². The molecule has 3 amide bonds. The minimum Gasteiger partial charge on any atom is -0.401 e. The van der Waals surface area contributed by atoms with Gasteiger partial charge in [0, 0.05) is 44.8 Å². The highest BCUT2D eigenvalue weighted by Gasteiger charge is 2.49. The standard InChI is InChI=1S/C14H20N4O.C10H11F2N3O2.C2H6/c1-10(15)6-18(16)8-13-5-3-4-12-7-17(11(2)19)9-14(12)13;11-10(12)3-6(4-13)15(5-10)9(17)7-1-2-8(16)14-7;1-2/h3-6H,7-9,15-16H2,1-2H3;6-7H,1-3,5H2,(H,14,16);1-2H3/b10-6-;;. The van der Waals surface area contributed by atoms with Crippen molar-refractivity contribution in [2.75, 3.05) is 6.54 Å². The van der Waals surface area contributed by atoms with Gasteiger partial charge in [-0.05, 0) is 30.0 Å². The maximum Gasteiger partial charge on any atom is 0.268 e. The third-order valence-corrected chi connectivity index (χ3v) is 6.24. The lowest BCUT2D eigenvalue weighted by Gasteiger charge is -2.22. The van der Waals surface area contributed by atoms with Crippen LogP contribution in [0.5, 0.6) is 0 Å². The Morgan fingerprint density at radius 2 is 1.97 bits per heavy atom. The van der Waals surface area contributed by atoms with Crippen molar-refractivity contribution in [2.24, 2.45) is 11.6 Å². The number of likely N-dealkylation sites (tertiary alicyclic amines) is 1. The van der Waals surface area contributed by atoms with E-state index in [1.807, 2.05) is 30.9 Å². The molecule has 0 spiro atoms. The zero-order valence-electron chi connectivity index (χ0n) is 22.3. The third kappa shape index (κ3) is 7.89. The Balaban J connectivity index is 0.000000252. The maximum atomic E-state index is 13.1. The van der Waals surface area contributed by atoms with E-state index in [0.717, 1.165) is 10.5 Å². The van der Waals surface area contributed by atoms with Crippen LogP contribution in [0, 0.1) is 11.3 Å². The number of nitriles is 1. The van der Waals surface area contributed by atoms with Crippen molar-refractivity contribution in [1.82, 2.24) is 20.1 Å². The van der Waals surface area contributed by atoms with Gasteiger partial charge in [0.25, 0.3) is 5.92 Å². The predicted molar refractivity (Wildman–Crippen MR) is 137 cm³/mol. The number of alkyl halides is 2. The number of hydrazine groups is 1. The molecule has 38 heavy (non-hydrogen) atoms. The predicted octanol–water partition coefficient (Wildman–Crippen LogP) is 2.10. The molecule has 0 aromatic heterocycles. The Morgan fingerprint density at radius 3 is 2.53 bits per heavy atom. The van der Waals surface area contributed by atoms with E-state index in [2.05, 4.69) is 11.4 Å². The number of hydrogen-bond acceptors (Lipinski definition) is 7. The van der Waals surface area contributed by atoms with Gasteiger partial charge in [-0.25, -0.2) is 14.6 Å². The number of fused-ring (bicyclic) bond motifs is 1. The highest BCUT2D eigenvalue weighted by atomic mass is 19.3. The number of allylic oxidation sites excluding steroid dienone is 1. The summed E-state index contributed by atoms with van der Waals surface area (Å²) in [6.45, 7) is 8.60. The van der Waals surface area contributed by atoms with Crippen LogP contribution in [0.2, 0.25) is 0 Å². The van der Waals surface area contributed by atoms with Gasteiger partial charge in [-0.3, -0.25) is 14.4 Å². The van der Waals surface area contributed by atoms with Crippen LogP contribution in [-0.4, -0.2) is 57.1 Å². The minimum absolute atomic E-state index is 0.101. The maximum absolute atomic E-state index is 13.1. The summed E-state index contributed by atoms with van der Waals surface area (Å²) >= 11 is 0. The monoisotopic (exact) mass is 533 g/mol. The highest BCUT2D eigenvalue weighted by molar-refractivity contribution is 5.91. The summed E-state index contributed by atoms with van der Waals surface area (Å²) in [6.07, 6.45) is 1.60. The fourth-order valence-electron chi connectivity index (χ4n) is 4.53. The Labute approximate surface area is 222 Å². The molecule has 208 valence electrons. The largest absolute Gasteiger partial charge is 0.401 e. The lowest BCUT2D eigenvalue weighted by molar-refractivity contribution is -0.135. The summed E-state index contributed by atoms with van der Waals surface area (Å²) in [4.78, 5) is 37.0. The molecule has 1 aromatic carbocycles. The molecular formula is C26H37F2N7O3. The zero-order chi connectivity index (χ0) is 28.6. The average molecular weight is 534 g/mol. The van der Waals surface area contributed by atoms with Gasteiger partial charge in [0.1, 0.15) is 12.1 Å². The number of rotatable bonds is 4. The number of nitrogens with zero attached hydrogens (tertiary/aromatic N) is 4. The zero-order valence-corrected chi connectivity index (χ0v) is 22.3. The first-order valence-corrected chi connectivity index (χ1v) is 12.6. The van der Waals surface area contributed by atoms with Crippen LogP contribution in [0.1, 0.15) is 63.6 Å². The van der Waals surface area contributed by atoms with Crippen molar-refractivity contribution in [2.45, 2.75) is 84.6 Å². The molecule has 12 heteroatoms. The summed E-state index contributed by atoms with van der Waals surface area (Å²) in [5.41, 5.74) is 9.82. The van der Waals surface area contributed by atoms with Gasteiger partial charge < -0.3 is 25.9 Å². The smallest absolute Gasteiger partial charge is 0.268 e. The molecule has 3 heterocycles. The van der Waals surface area contributed by atoms with Crippen molar-refractivity contribution in [3.05, 3.63) is 46.8 Å². The Kier molecular flexibility index (Phi) is 10.6. The van der Waals surface area contributed by atoms with Crippen molar-refractivity contribution >= 4 is 17.7 Å². The van der Waals surface area contributed by atoms with Crippen LogP contribution in [0.4, 0.5) is 8.78 Å². The minimum atomic E-state index is -3.02. The summed E-state index contributed by atoms with van der Waals surface area (Å²) < 4.78 is 26.2. The molecule has 2 unspecified atom stereocenters. The normalized spacial score (nSPS) is 21.3. The van der Waals surface area contributed by atoms with E-state index in [1.54, 1.807) is 31.1 Å². The second kappa shape index (κ2) is 13.2. The van der Waals surface area contributed by atoms with E-state index >= 15 is 0 Å². The van der Waals surface area contributed by atoms with Crippen LogP contribution in [0.25, 0.3) is 0 Å². The van der Waals surface area contributed by atoms with Crippen molar-refractivity contribution in [3.63, 3.8) is 0 Å². The lowest BCUT2D eigenvalue weighted by atomic mass is 10.0. The van der Waals surface area contributed by atoms with Gasteiger partial charge in [0.2, 0.25) is 17.7 Å². The van der Waals surface area contributed by atoms with Gasteiger partial charge in [0.15, 0.2) is 0 Å². The van der Waals surface area contributed by atoms with Crippen LogP contribution < -0.4 is 16.9 Å². The lowest BCUT2D eigenvalue weighted by Crippen LogP contribution is -2.46. The van der Waals surface area contributed by atoms with E-state index in [-0.39, 0.29) is 18.2 Å². The number of hydrogen-bond donors (Lipinski definition) is 3. The molecule has 3 aliphatic heterocycles. The van der Waals surface area contributed by atoms with Crippen molar-refractivity contribution < 1.29 is 23.2 Å². The quantitative estimate of drug-likeness (QED) is 0.396. The summed E-state index contributed by atoms with van der Waals surface area (Å²) in [6, 6.07) is 5.95. The molecule has 0 saturated carbocycles. The van der Waals surface area contributed by atoms with E-state index in [1.165, 1.54) is 11.1 Å². The van der Waals surface area contributed by atoms with Crippen molar-refractivity contribution in [3.8, 4) is 6.07 Å². The van der Waals surface area contributed by atoms with Gasteiger partial charge in [-0.1, -0.05) is 32.0 Å². The van der Waals surface area contributed by atoms with E-state index < -0.39 is 36.9 Å². The van der Waals surface area contributed by atoms with Gasteiger partial charge >= 0.3 is 0 Å². The molecule has 5 N–H and O–H groups in total. The molecule has 3 aliphatic rings. The van der Waals surface area contributed by atoms with E-state index in [4.69, 9.17) is 16.8 Å². The Bertz CT molecular complexity index is 1100. The van der Waals surface area contributed by atoms with Gasteiger partial charge in [-0.2, -0.15) is 5.26 Å². The molecule has 1 aromatic rings. The summed E-state index contributed by atoms with van der Waals surface area (Å²) in [5, 5.41) is 12.7. The molecule has 0 aliphatic carbocycles. The van der Waals surface area contributed by atoms with Gasteiger partial charge in [0.05, 0.1) is 19.2 Å². The second-order valence-corrected chi connectivity index (χ2v) is 9.31. The highest BCUT2D eigenvalue weighted by Crippen LogP contribution is 2.32. The number of carbonyl (C=O) groups is 3. The third-order valence-electron chi connectivity index (χ3n) is 6.24. The molecule has 2 atom stereocenters. The summed E-state index contributed by atoms with van der Waals surface area (Å²) in [7, 11) is 0.